The van der Waals surface area contributed by atoms with Gasteiger partial charge in [0.15, 0.2) is 0 Å². The van der Waals surface area contributed by atoms with Crippen molar-refractivity contribution in [1.29, 1.82) is 0 Å². The van der Waals surface area contributed by atoms with Crippen LogP contribution in [0.3, 0.4) is 0 Å². The van der Waals surface area contributed by atoms with Crippen LogP contribution in [0.25, 0.3) is 0 Å². The van der Waals surface area contributed by atoms with Gasteiger partial charge in [-0.2, -0.15) is 35.9 Å². The Kier molecular flexibility index (Phi) is 14.2. The van der Waals surface area contributed by atoms with E-state index in [4.69, 9.17) is 0 Å². The summed E-state index contributed by atoms with van der Waals surface area (Å²) in [6.45, 7) is 0. The molecule has 0 N–H and O–H groups in total. The molecule has 5 heteroatoms. The van der Waals surface area contributed by atoms with E-state index in [0.29, 0.717) is 0 Å². The SMILES string of the molecule is [Cl][Au].[c-]1ccccc1Cc1ccccn1.c1ccc([PH+](c2ccccc2)c2ccccc2[PH+](c2ccccc2)c2ccccc2)cc1. The van der Waals surface area contributed by atoms with Crippen molar-refractivity contribution in [1.82, 2.24) is 4.98 Å². The van der Waals surface area contributed by atoms with E-state index < -0.39 is 15.8 Å². The minimum Gasteiger partial charge on any atom is -0.261 e. The van der Waals surface area contributed by atoms with Crippen LogP contribution < -0.4 is 31.8 Å². The summed E-state index contributed by atoms with van der Waals surface area (Å²) in [4.78, 5) is 4.25. The third-order valence-electron chi connectivity index (χ3n) is 7.59. The molecule has 0 aliphatic carbocycles. The van der Waals surface area contributed by atoms with Crippen molar-refractivity contribution in [2.45, 2.75) is 6.42 Å². The first-order chi connectivity index (χ1) is 23.4. The quantitative estimate of drug-likeness (QED) is 0.0865. The van der Waals surface area contributed by atoms with Gasteiger partial charge in [0.05, 0.1) is 0 Å². The molecule has 7 aromatic rings. The number of nitrogens with zero attached hydrogens (tertiary/aromatic N) is 1. The molecule has 0 fully saturated rings. The fraction of sp³-hybridized carbons (Fsp3) is 0.0238. The Hall–Kier alpha value is -3.64. The van der Waals surface area contributed by atoms with Crippen LogP contribution >= 0.6 is 25.0 Å². The summed E-state index contributed by atoms with van der Waals surface area (Å²) in [5.74, 6) is 0. The molecular weight excluding hydrogens is 813 g/mol. The molecule has 236 valence electrons. The van der Waals surface area contributed by atoms with Gasteiger partial charge in [-0.15, -0.1) is 0 Å². The largest absolute Gasteiger partial charge is 0.261 e. The van der Waals surface area contributed by atoms with E-state index in [-0.39, 0.29) is 0 Å². The minimum atomic E-state index is -1.14. The number of aromatic nitrogens is 1. The van der Waals surface area contributed by atoms with Gasteiger partial charge in [0.1, 0.15) is 47.7 Å². The third kappa shape index (κ3) is 9.93. The molecule has 0 aliphatic rings. The van der Waals surface area contributed by atoms with Crippen LogP contribution in [0.4, 0.5) is 0 Å². The zero-order valence-corrected chi connectivity index (χ0v) is 30.7. The topological polar surface area (TPSA) is 12.9 Å². The van der Waals surface area contributed by atoms with Gasteiger partial charge >= 0.3 is 29.2 Å². The maximum absolute atomic E-state index is 4.58. The first-order valence-electron chi connectivity index (χ1n) is 15.4. The van der Waals surface area contributed by atoms with Gasteiger partial charge in [-0.05, 0) is 79.2 Å². The van der Waals surface area contributed by atoms with Crippen molar-refractivity contribution in [3.63, 3.8) is 0 Å². The van der Waals surface area contributed by atoms with Gasteiger partial charge in [-0.25, -0.2) is 0 Å². The van der Waals surface area contributed by atoms with Crippen LogP contribution in [0.5, 0.6) is 0 Å². The smallest absolute Gasteiger partial charge is 0.144 e. The fourth-order valence-corrected chi connectivity index (χ4v) is 11.5. The van der Waals surface area contributed by atoms with Gasteiger partial charge in [-0.3, -0.25) is 4.98 Å². The van der Waals surface area contributed by atoms with Crippen molar-refractivity contribution in [3.05, 3.63) is 212 Å². The predicted octanol–water partition coefficient (Wildman–Crippen LogP) is 7.83. The molecule has 1 heterocycles. The summed E-state index contributed by atoms with van der Waals surface area (Å²) in [7, 11) is 2.30. The summed E-state index contributed by atoms with van der Waals surface area (Å²) in [6.07, 6.45) is 2.68. The average Bonchev–Trinajstić information content (AvgIpc) is 3.16. The molecule has 7 rings (SSSR count). The van der Waals surface area contributed by atoms with Crippen LogP contribution in [-0.2, 0) is 26.4 Å². The summed E-state index contributed by atoms with van der Waals surface area (Å²) in [6, 6.07) is 70.6. The Labute approximate surface area is 298 Å². The molecule has 0 radical (unpaired) electrons. The Morgan fingerprint density at radius 2 is 0.830 bits per heavy atom. The minimum absolute atomic E-state index is 0.863. The second-order valence-corrected chi connectivity index (χ2v) is 15.5. The van der Waals surface area contributed by atoms with Crippen LogP contribution in [0, 0.1) is 6.07 Å². The standard InChI is InChI=1S/C30H24P2.C12H10N.Au.ClH/c1-5-15-25(16-6-1)31(26-17-7-2-8-18-26)29-23-13-14-24-30(29)32(27-19-9-3-10-20-27)28-21-11-4-12-22-28;1-2-6-11(7-3-1)10-12-8-4-5-9-13-12;;/h1-24H;1-6,8-9H,10H2;;1H/q;-1;+1;/p+1. The summed E-state index contributed by atoms with van der Waals surface area (Å²) >= 11 is 1.75. The fourth-order valence-electron chi connectivity index (χ4n) is 5.53. The van der Waals surface area contributed by atoms with Crippen molar-refractivity contribution < 1.29 is 20.0 Å². The van der Waals surface area contributed by atoms with E-state index in [1.807, 2.05) is 42.6 Å². The number of hydrogen-bond acceptors (Lipinski definition) is 1. The normalized spacial score (nSPS) is 10.4. The number of halogens is 1. The number of benzene rings is 6. The zero-order valence-electron chi connectivity index (χ0n) is 25.8. The van der Waals surface area contributed by atoms with Gasteiger partial charge in [-0.1, -0.05) is 91.0 Å². The Balaban J connectivity index is 0.000000241. The van der Waals surface area contributed by atoms with E-state index in [1.54, 1.807) is 20.0 Å². The van der Waals surface area contributed by atoms with Crippen molar-refractivity contribution in [3.8, 4) is 0 Å². The summed E-state index contributed by atoms with van der Waals surface area (Å²) in [5, 5.41) is 8.71. The van der Waals surface area contributed by atoms with E-state index in [1.165, 1.54) is 37.4 Å². The molecule has 1 aromatic heterocycles. The Morgan fingerprint density at radius 1 is 0.447 bits per heavy atom. The number of hydrogen-bond donors (Lipinski definition) is 0. The van der Waals surface area contributed by atoms with Crippen LogP contribution in [0.2, 0.25) is 0 Å². The molecule has 0 unspecified atom stereocenters. The maximum atomic E-state index is 4.58. The molecule has 0 bridgehead atoms. The Bertz CT molecular complexity index is 1640. The number of pyridine rings is 1. The Morgan fingerprint density at radius 3 is 1.19 bits per heavy atom. The zero-order chi connectivity index (χ0) is 32.5. The van der Waals surface area contributed by atoms with Crippen molar-refractivity contribution in [2.24, 2.45) is 0 Å². The van der Waals surface area contributed by atoms with Crippen LogP contribution in [0.1, 0.15) is 11.3 Å². The second-order valence-electron chi connectivity index (χ2n) is 10.6. The van der Waals surface area contributed by atoms with E-state index in [0.717, 1.165) is 12.1 Å². The van der Waals surface area contributed by atoms with E-state index in [2.05, 4.69) is 172 Å². The number of rotatable bonds is 8. The van der Waals surface area contributed by atoms with Crippen LogP contribution in [-0.4, -0.2) is 4.98 Å². The monoisotopic (exact) mass is 848 g/mol. The van der Waals surface area contributed by atoms with Gasteiger partial charge in [0.25, 0.3) is 0 Å². The first-order valence-corrected chi connectivity index (χ1v) is 21.1. The molecule has 0 atom stereocenters. The molecular formula is C42H36AuClNP2+. The third-order valence-corrected chi connectivity index (χ3v) is 13.4. The van der Waals surface area contributed by atoms with Gasteiger partial charge in [0.2, 0.25) is 0 Å². The molecule has 47 heavy (non-hydrogen) atoms. The predicted molar refractivity (Wildman–Crippen MR) is 205 cm³/mol. The molecule has 1 nitrogen and oxygen atoms in total. The van der Waals surface area contributed by atoms with Crippen LogP contribution in [0.15, 0.2) is 194 Å². The maximum Gasteiger partial charge on any atom is 0.144 e. The second kappa shape index (κ2) is 19.2. The van der Waals surface area contributed by atoms with E-state index >= 15 is 0 Å². The summed E-state index contributed by atoms with van der Waals surface area (Å²) in [5.41, 5.74) is 2.27. The average molecular weight is 849 g/mol. The molecule has 6 aromatic carbocycles. The molecule has 0 aliphatic heterocycles. The van der Waals surface area contributed by atoms with E-state index in [9.17, 15) is 0 Å². The summed E-state index contributed by atoms with van der Waals surface area (Å²) < 4.78 is 0. The molecule has 0 saturated heterocycles. The molecule has 0 saturated carbocycles. The first kappa shape index (κ1) is 34.7. The molecule has 0 spiro atoms. The van der Waals surface area contributed by atoms with Crippen molar-refractivity contribution >= 4 is 56.9 Å². The van der Waals surface area contributed by atoms with Gasteiger partial charge < -0.3 is 0 Å². The molecule has 0 amide bonds. The van der Waals surface area contributed by atoms with Gasteiger partial charge in [0, 0.05) is 11.9 Å². The van der Waals surface area contributed by atoms with Crippen molar-refractivity contribution in [2.75, 3.05) is 0 Å².